The molecule has 6 heteroatoms. The molecular formula is C24H20N2O4. The van der Waals surface area contributed by atoms with Gasteiger partial charge in [0.25, 0.3) is 0 Å². The molecule has 6 nitrogen and oxygen atoms in total. The van der Waals surface area contributed by atoms with E-state index in [1.54, 1.807) is 54.2 Å². The lowest BCUT2D eigenvalue weighted by Crippen LogP contribution is -2.05. The van der Waals surface area contributed by atoms with Gasteiger partial charge in [-0.15, -0.1) is 0 Å². The van der Waals surface area contributed by atoms with E-state index in [0.29, 0.717) is 33.8 Å². The smallest absolute Gasteiger partial charge is 0.340 e. The van der Waals surface area contributed by atoms with Gasteiger partial charge in [-0.1, -0.05) is 24.3 Å². The number of ketones is 1. The van der Waals surface area contributed by atoms with Crippen LogP contribution in [0.5, 0.6) is 5.75 Å². The van der Waals surface area contributed by atoms with Crippen LogP contribution in [0.4, 0.5) is 0 Å². The number of aromatic nitrogens is 2. The Hall–Kier alpha value is -3.93. The Morgan fingerprint density at radius 3 is 2.37 bits per heavy atom. The predicted octanol–water partition coefficient (Wildman–Crippen LogP) is 4.34. The van der Waals surface area contributed by atoms with E-state index in [9.17, 15) is 9.59 Å². The molecule has 0 unspecified atom stereocenters. The average Bonchev–Trinajstić information content (AvgIpc) is 3.17. The van der Waals surface area contributed by atoms with E-state index < -0.39 is 5.97 Å². The standard InChI is InChI=1S/C24H20N2O4/c1-15-6-4-5-7-18(15)20-13-21-19(24(28)30-3)12-22(26(21)14-25-20)23(27)16-8-10-17(29-2)11-9-16/h4-14H,1-3H3. The van der Waals surface area contributed by atoms with Crippen LogP contribution in [0.25, 0.3) is 16.8 Å². The molecular weight excluding hydrogens is 380 g/mol. The van der Waals surface area contributed by atoms with Crippen molar-refractivity contribution in [2.45, 2.75) is 6.92 Å². The largest absolute Gasteiger partial charge is 0.497 e. The number of ether oxygens (including phenoxy) is 2. The third-order valence-corrected chi connectivity index (χ3v) is 5.07. The second kappa shape index (κ2) is 7.83. The van der Waals surface area contributed by atoms with Crippen LogP contribution in [0.1, 0.15) is 32.0 Å². The molecule has 0 saturated heterocycles. The van der Waals surface area contributed by atoms with Crippen molar-refractivity contribution in [3.05, 3.63) is 89.4 Å². The van der Waals surface area contributed by atoms with Crippen LogP contribution in [-0.2, 0) is 4.74 Å². The number of methoxy groups -OCH3 is 2. The zero-order chi connectivity index (χ0) is 21.3. The maximum absolute atomic E-state index is 13.2. The Morgan fingerprint density at radius 2 is 1.70 bits per heavy atom. The van der Waals surface area contributed by atoms with Gasteiger partial charge in [0.2, 0.25) is 5.78 Å². The van der Waals surface area contributed by atoms with Gasteiger partial charge in [0.15, 0.2) is 0 Å². The first kappa shape index (κ1) is 19.4. The Bertz CT molecular complexity index is 1260. The summed E-state index contributed by atoms with van der Waals surface area (Å²) in [6.07, 6.45) is 1.57. The number of aryl methyl sites for hydroxylation is 1. The number of hydrogen-bond donors (Lipinski definition) is 0. The first-order chi connectivity index (χ1) is 14.5. The summed E-state index contributed by atoms with van der Waals surface area (Å²) in [6, 6.07) is 18.0. The first-order valence-corrected chi connectivity index (χ1v) is 9.37. The molecule has 0 bridgehead atoms. The van der Waals surface area contributed by atoms with Crippen LogP contribution in [-0.4, -0.2) is 35.4 Å². The maximum atomic E-state index is 13.2. The Labute approximate surface area is 173 Å². The van der Waals surface area contributed by atoms with Crippen LogP contribution in [0, 0.1) is 6.92 Å². The number of rotatable bonds is 5. The van der Waals surface area contributed by atoms with Crippen molar-refractivity contribution in [1.82, 2.24) is 9.38 Å². The highest BCUT2D eigenvalue weighted by molar-refractivity contribution is 6.11. The number of benzene rings is 2. The van der Waals surface area contributed by atoms with Crippen LogP contribution in [0.3, 0.4) is 0 Å². The fourth-order valence-corrected chi connectivity index (χ4v) is 3.44. The van der Waals surface area contributed by atoms with Crippen molar-refractivity contribution in [2.24, 2.45) is 0 Å². The minimum Gasteiger partial charge on any atom is -0.497 e. The molecule has 0 atom stereocenters. The molecule has 0 spiro atoms. The fourth-order valence-electron chi connectivity index (χ4n) is 3.44. The fraction of sp³-hybridized carbons (Fsp3) is 0.125. The van der Waals surface area contributed by atoms with E-state index in [4.69, 9.17) is 9.47 Å². The quantitative estimate of drug-likeness (QED) is 0.368. The van der Waals surface area contributed by atoms with Crippen LogP contribution >= 0.6 is 0 Å². The normalized spacial score (nSPS) is 10.8. The molecule has 0 radical (unpaired) electrons. The molecule has 2 aromatic carbocycles. The lowest BCUT2D eigenvalue weighted by molar-refractivity contribution is 0.0603. The van der Waals surface area contributed by atoms with Gasteiger partial charge in [-0.2, -0.15) is 0 Å². The SMILES string of the molecule is COC(=O)c1cc(C(=O)c2ccc(OC)cc2)n2cnc(-c3ccccc3C)cc12. The van der Waals surface area contributed by atoms with Crippen molar-refractivity contribution >= 4 is 17.3 Å². The molecule has 0 amide bonds. The van der Waals surface area contributed by atoms with Crippen LogP contribution in [0.2, 0.25) is 0 Å². The van der Waals surface area contributed by atoms with E-state index in [2.05, 4.69) is 4.98 Å². The van der Waals surface area contributed by atoms with E-state index >= 15 is 0 Å². The number of esters is 1. The third-order valence-electron chi connectivity index (χ3n) is 5.07. The highest BCUT2D eigenvalue weighted by Gasteiger charge is 2.22. The Kier molecular flexibility index (Phi) is 5.06. The second-order valence-corrected chi connectivity index (χ2v) is 6.84. The molecule has 0 aliphatic carbocycles. The van der Waals surface area contributed by atoms with Gasteiger partial charge in [-0.3, -0.25) is 9.20 Å². The number of fused-ring (bicyclic) bond motifs is 1. The van der Waals surface area contributed by atoms with Gasteiger partial charge in [0, 0.05) is 11.1 Å². The van der Waals surface area contributed by atoms with Gasteiger partial charge in [0.05, 0.1) is 36.7 Å². The minimum atomic E-state index is -0.511. The van der Waals surface area contributed by atoms with E-state index in [-0.39, 0.29) is 5.78 Å². The number of carbonyl (C=O) groups is 2. The van der Waals surface area contributed by atoms with E-state index in [0.717, 1.165) is 11.1 Å². The monoisotopic (exact) mass is 400 g/mol. The zero-order valence-corrected chi connectivity index (χ0v) is 16.9. The summed E-state index contributed by atoms with van der Waals surface area (Å²) in [6.45, 7) is 2.00. The minimum absolute atomic E-state index is 0.228. The van der Waals surface area contributed by atoms with Gasteiger partial charge in [0.1, 0.15) is 12.1 Å². The summed E-state index contributed by atoms with van der Waals surface area (Å²) in [5, 5.41) is 0. The maximum Gasteiger partial charge on any atom is 0.340 e. The molecule has 2 heterocycles. The van der Waals surface area contributed by atoms with Crippen molar-refractivity contribution in [3.63, 3.8) is 0 Å². The molecule has 4 aromatic rings. The molecule has 0 aliphatic rings. The van der Waals surface area contributed by atoms with Gasteiger partial charge >= 0.3 is 5.97 Å². The molecule has 2 aromatic heterocycles. The van der Waals surface area contributed by atoms with Gasteiger partial charge in [-0.25, -0.2) is 9.78 Å². The number of nitrogens with zero attached hydrogens (tertiary/aromatic N) is 2. The molecule has 150 valence electrons. The summed E-state index contributed by atoms with van der Waals surface area (Å²) in [4.78, 5) is 30.1. The first-order valence-electron chi connectivity index (χ1n) is 9.37. The molecule has 0 aliphatic heterocycles. The number of carbonyl (C=O) groups excluding carboxylic acids is 2. The van der Waals surface area contributed by atoms with Crippen molar-refractivity contribution in [3.8, 4) is 17.0 Å². The van der Waals surface area contributed by atoms with Crippen LogP contribution < -0.4 is 4.74 Å². The summed E-state index contributed by atoms with van der Waals surface area (Å²) >= 11 is 0. The summed E-state index contributed by atoms with van der Waals surface area (Å²) in [7, 11) is 2.89. The zero-order valence-electron chi connectivity index (χ0n) is 16.9. The lowest BCUT2D eigenvalue weighted by Gasteiger charge is -2.08. The molecule has 0 fully saturated rings. The Balaban J connectivity index is 1.87. The Morgan fingerprint density at radius 1 is 0.967 bits per heavy atom. The van der Waals surface area contributed by atoms with Crippen LogP contribution in [0.15, 0.2) is 67.0 Å². The number of hydrogen-bond acceptors (Lipinski definition) is 5. The highest BCUT2D eigenvalue weighted by atomic mass is 16.5. The third kappa shape index (κ3) is 3.33. The van der Waals surface area contributed by atoms with Crippen molar-refractivity contribution < 1.29 is 19.1 Å². The molecule has 30 heavy (non-hydrogen) atoms. The lowest BCUT2D eigenvalue weighted by atomic mass is 10.1. The summed E-state index contributed by atoms with van der Waals surface area (Å²) in [5.74, 6) is -0.0807. The van der Waals surface area contributed by atoms with E-state index in [1.807, 2.05) is 31.2 Å². The highest BCUT2D eigenvalue weighted by Crippen LogP contribution is 2.27. The van der Waals surface area contributed by atoms with Crippen molar-refractivity contribution in [1.29, 1.82) is 0 Å². The topological polar surface area (TPSA) is 69.9 Å². The molecule has 0 N–H and O–H groups in total. The predicted molar refractivity (Wildman–Crippen MR) is 113 cm³/mol. The summed E-state index contributed by atoms with van der Waals surface area (Å²) < 4.78 is 11.7. The molecule has 0 saturated carbocycles. The van der Waals surface area contributed by atoms with E-state index in [1.165, 1.54) is 7.11 Å². The second-order valence-electron chi connectivity index (χ2n) is 6.84. The van der Waals surface area contributed by atoms with Gasteiger partial charge < -0.3 is 9.47 Å². The van der Waals surface area contributed by atoms with Gasteiger partial charge in [-0.05, 0) is 48.9 Å². The van der Waals surface area contributed by atoms with Crippen molar-refractivity contribution in [2.75, 3.05) is 14.2 Å². The average molecular weight is 400 g/mol. The molecule has 4 rings (SSSR count). The summed E-state index contributed by atoms with van der Waals surface area (Å²) in [5.41, 5.74) is 4.43.